The van der Waals surface area contributed by atoms with Crippen molar-refractivity contribution in [2.24, 2.45) is 10.2 Å². The first kappa shape index (κ1) is 27.7. The first-order valence-electron chi connectivity index (χ1n) is 11.4. The minimum atomic E-state index is -1.84. The van der Waals surface area contributed by atoms with E-state index in [2.05, 4.69) is 48.2 Å². The fraction of sp³-hybridized carbons (Fsp3) is 0.909. The lowest BCUT2D eigenvalue weighted by Crippen LogP contribution is -2.35. The molecule has 0 radical (unpaired) electrons. The molecule has 0 saturated carbocycles. The molecule has 28 heavy (non-hydrogen) atoms. The zero-order chi connectivity index (χ0) is 21.1. The molecule has 0 amide bonds. The molecule has 0 aromatic heterocycles. The van der Waals surface area contributed by atoms with Crippen molar-refractivity contribution in [1.29, 1.82) is 0 Å². The Hall–Kier alpha value is -0.306. The molecule has 0 aliphatic heterocycles. The summed E-state index contributed by atoms with van der Waals surface area (Å²) in [5.74, 6) is 0. The molecule has 0 aliphatic carbocycles. The largest absolute Gasteiger partial charge is 0.398 e. The van der Waals surface area contributed by atoms with Gasteiger partial charge in [-0.2, -0.15) is 10.2 Å². The van der Waals surface area contributed by atoms with Crippen LogP contribution in [0.5, 0.6) is 0 Å². The van der Waals surface area contributed by atoms with Crippen LogP contribution in [-0.2, 0) is 8.85 Å². The molecule has 0 aromatic carbocycles. The third-order valence-electron chi connectivity index (χ3n) is 5.10. The summed E-state index contributed by atoms with van der Waals surface area (Å²) in [6, 6.07) is 1.10. The van der Waals surface area contributed by atoms with Crippen LogP contribution in [0.2, 0.25) is 32.2 Å². The Morgan fingerprint density at radius 2 is 1.11 bits per heavy atom. The van der Waals surface area contributed by atoms with Gasteiger partial charge in [0.1, 0.15) is 0 Å². The second-order valence-electron chi connectivity index (χ2n) is 9.11. The van der Waals surface area contributed by atoms with E-state index >= 15 is 0 Å². The minimum Gasteiger partial charge on any atom is -0.398 e. The Balaban J connectivity index is 3.32. The van der Waals surface area contributed by atoms with E-state index in [0.717, 1.165) is 19.1 Å². The number of unbranched alkanes of at least 4 members (excludes halogenated alkanes) is 9. The zero-order valence-electron chi connectivity index (χ0n) is 19.8. The van der Waals surface area contributed by atoms with Crippen molar-refractivity contribution in [2.45, 2.75) is 103 Å². The molecule has 0 saturated heterocycles. The van der Waals surface area contributed by atoms with Crippen molar-refractivity contribution in [2.75, 3.05) is 27.3 Å². The molecule has 0 spiro atoms. The highest BCUT2D eigenvalue weighted by molar-refractivity contribution is 6.80. The SMILES string of the molecule is CO[Si](C)(CCCCCCCCN=NCCCCCCC=C[Si](C)(C)C)OC. The van der Waals surface area contributed by atoms with Gasteiger partial charge < -0.3 is 8.85 Å². The number of azo groups is 1. The molecule has 0 heterocycles. The summed E-state index contributed by atoms with van der Waals surface area (Å²) in [4.78, 5) is 0. The summed E-state index contributed by atoms with van der Waals surface area (Å²) in [5.41, 5.74) is 2.46. The Kier molecular flexibility index (Phi) is 17.4. The van der Waals surface area contributed by atoms with Crippen LogP contribution in [0.4, 0.5) is 0 Å². The van der Waals surface area contributed by atoms with Crippen LogP contribution >= 0.6 is 0 Å². The Bertz CT molecular complexity index is 406. The van der Waals surface area contributed by atoms with Gasteiger partial charge in [0.05, 0.1) is 21.2 Å². The smallest absolute Gasteiger partial charge is 0.334 e. The second-order valence-corrected chi connectivity index (χ2v) is 17.8. The predicted molar refractivity (Wildman–Crippen MR) is 128 cm³/mol. The number of hydrogen-bond acceptors (Lipinski definition) is 4. The van der Waals surface area contributed by atoms with Gasteiger partial charge in [0, 0.05) is 14.2 Å². The average Bonchev–Trinajstić information content (AvgIpc) is 2.66. The van der Waals surface area contributed by atoms with E-state index in [4.69, 9.17) is 8.85 Å². The van der Waals surface area contributed by atoms with Crippen LogP contribution in [0, 0.1) is 0 Å². The normalized spacial score (nSPS) is 13.2. The molecule has 4 nitrogen and oxygen atoms in total. The van der Waals surface area contributed by atoms with Gasteiger partial charge in [-0.05, 0) is 38.3 Å². The van der Waals surface area contributed by atoms with Gasteiger partial charge in [-0.3, -0.25) is 0 Å². The topological polar surface area (TPSA) is 43.2 Å². The number of nitrogens with zero attached hydrogens (tertiary/aromatic N) is 2. The Labute approximate surface area is 177 Å². The van der Waals surface area contributed by atoms with Gasteiger partial charge in [-0.15, -0.1) is 0 Å². The summed E-state index contributed by atoms with van der Waals surface area (Å²) >= 11 is 0. The van der Waals surface area contributed by atoms with Crippen molar-refractivity contribution in [3.63, 3.8) is 0 Å². The van der Waals surface area contributed by atoms with Crippen LogP contribution in [0.1, 0.15) is 70.6 Å². The number of rotatable bonds is 19. The first-order chi connectivity index (χ1) is 13.3. The number of allylic oxidation sites excluding steroid dienone is 1. The highest BCUT2D eigenvalue weighted by atomic mass is 28.4. The van der Waals surface area contributed by atoms with Gasteiger partial charge in [0.25, 0.3) is 0 Å². The molecular weight excluding hydrogens is 380 g/mol. The molecule has 0 unspecified atom stereocenters. The molecule has 0 N–H and O–H groups in total. The molecule has 0 fully saturated rings. The van der Waals surface area contributed by atoms with E-state index in [-0.39, 0.29) is 0 Å². The average molecular weight is 429 g/mol. The van der Waals surface area contributed by atoms with Crippen molar-refractivity contribution in [3.05, 3.63) is 11.8 Å². The Morgan fingerprint density at radius 3 is 1.61 bits per heavy atom. The van der Waals surface area contributed by atoms with Gasteiger partial charge in [-0.25, -0.2) is 0 Å². The van der Waals surface area contributed by atoms with Crippen molar-refractivity contribution >= 4 is 16.6 Å². The maximum atomic E-state index is 5.52. The van der Waals surface area contributed by atoms with E-state index in [0.29, 0.717) is 0 Å². The van der Waals surface area contributed by atoms with Gasteiger partial charge in [0.15, 0.2) is 0 Å². The first-order valence-corrected chi connectivity index (χ1v) is 17.5. The lowest BCUT2D eigenvalue weighted by atomic mass is 10.1. The molecular formula is C22H48N2O2Si2. The van der Waals surface area contributed by atoms with Gasteiger partial charge >= 0.3 is 8.56 Å². The summed E-state index contributed by atoms with van der Waals surface area (Å²) in [7, 11) is 0.718. The number of hydrogen-bond donors (Lipinski definition) is 0. The van der Waals surface area contributed by atoms with E-state index < -0.39 is 16.6 Å². The maximum Gasteiger partial charge on any atom is 0.334 e. The molecule has 0 bridgehead atoms. The predicted octanol–water partition coefficient (Wildman–Crippen LogP) is 7.53. The highest BCUT2D eigenvalue weighted by Crippen LogP contribution is 2.17. The molecule has 0 aromatic rings. The lowest BCUT2D eigenvalue weighted by Gasteiger charge is -2.22. The van der Waals surface area contributed by atoms with E-state index in [1.54, 1.807) is 14.2 Å². The van der Waals surface area contributed by atoms with E-state index in [1.165, 1.54) is 70.6 Å². The van der Waals surface area contributed by atoms with Crippen molar-refractivity contribution in [1.82, 2.24) is 0 Å². The van der Waals surface area contributed by atoms with Crippen LogP contribution in [0.3, 0.4) is 0 Å². The molecule has 166 valence electrons. The molecule has 0 rings (SSSR count). The highest BCUT2D eigenvalue weighted by Gasteiger charge is 2.27. The lowest BCUT2D eigenvalue weighted by molar-refractivity contribution is 0.248. The zero-order valence-corrected chi connectivity index (χ0v) is 21.8. The molecule has 6 heteroatoms. The molecule has 0 atom stereocenters. The minimum absolute atomic E-state index is 0.903. The standard InChI is InChI=1S/C22H48N2O2Si2/c1-25-28(6,26-2)22-18-14-10-8-12-16-20-24-23-19-15-11-7-9-13-17-21-27(3,4)5/h17,21H,7-16,18-20,22H2,1-6H3. The van der Waals surface area contributed by atoms with Crippen LogP contribution in [-0.4, -0.2) is 43.9 Å². The second kappa shape index (κ2) is 17.5. The quantitative estimate of drug-likeness (QED) is 0.121. The molecule has 0 aliphatic rings. The van der Waals surface area contributed by atoms with E-state index in [9.17, 15) is 0 Å². The Morgan fingerprint density at radius 1 is 0.643 bits per heavy atom. The van der Waals surface area contributed by atoms with Crippen molar-refractivity contribution < 1.29 is 8.85 Å². The van der Waals surface area contributed by atoms with Crippen LogP contribution in [0.15, 0.2) is 22.0 Å². The maximum absolute atomic E-state index is 5.52. The van der Waals surface area contributed by atoms with Gasteiger partial charge in [-0.1, -0.05) is 76.4 Å². The van der Waals surface area contributed by atoms with Crippen molar-refractivity contribution in [3.8, 4) is 0 Å². The third kappa shape index (κ3) is 19.0. The summed E-state index contributed by atoms with van der Waals surface area (Å²) in [6.45, 7) is 11.1. The van der Waals surface area contributed by atoms with E-state index in [1.807, 2.05) is 0 Å². The third-order valence-corrected chi connectivity index (χ3v) is 9.32. The van der Waals surface area contributed by atoms with Crippen LogP contribution < -0.4 is 0 Å². The summed E-state index contributed by atoms with van der Waals surface area (Å²) in [5, 5.41) is 8.65. The fourth-order valence-electron chi connectivity index (χ4n) is 3.00. The monoisotopic (exact) mass is 428 g/mol. The van der Waals surface area contributed by atoms with Gasteiger partial charge in [0.2, 0.25) is 0 Å². The summed E-state index contributed by atoms with van der Waals surface area (Å²) in [6.07, 6.45) is 16.3. The fourth-order valence-corrected chi connectivity index (χ4v) is 5.34. The summed E-state index contributed by atoms with van der Waals surface area (Å²) < 4.78 is 11.0. The van der Waals surface area contributed by atoms with Crippen LogP contribution in [0.25, 0.3) is 0 Å².